The van der Waals surface area contributed by atoms with Crippen molar-refractivity contribution >= 4 is 5.91 Å². The van der Waals surface area contributed by atoms with Crippen LogP contribution in [0.25, 0.3) is 0 Å². The Labute approximate surface area is 87.5 Å². The molecule has 1 unspecified atom stereocenters. The number of terminal acetylenes is 1. The lowest BCUT2D eigenvalue weighted by Crippen LogP contribution is -2.29. The fourth-order valence-corrected chi connectivity index (χ4v) is 1.30. The number of hydrogen-bond donors (Lipinski definition) is 1. The van der Waals surface area contributed by atoms with Crippen molar-refractivity contribution in [2.45, 2.75) is 46.0 Å². The van der Waals surface area contributed by atoms with E-state index in [1.54, 1.807) is 0 Å². The molecule has 2 nitrogen and oxygen atoms in total. The molecule has 1 atom stereocenters. The Balaban J connectivity index is 3.40. The molecule has 0 fully saturated rings. The predicted octanol–water partition coefficient (Wildman–Crippen LogP) is 2.34. The molecular formula is C12H21NO. The first kappa shape index (κ1) is 13.0. The molecule has 2 heteroatoms. The third-order valence-electron chi connectivity index (χ3n) is 2.22. The molecule has 0 spiro atoms. The molecule has 1 N–H and O–H groups in total. The molecule has 0 heterocycles. The molecule has 0 aliphatic heterocycles. The van der Waals surface area contributed by atoms with E-state index in [-0.39, 0.29) is 11.8 Å². The van der Waals surface area contributed by atoms with Gasteiger partial charge in [0, 0.05) is 18.9 Å². The first-order valence-corrected chi connectivity index (χ1v) is 5.43. The molecule has 14 heavy (non-hydrogen) atoms. The molecule has 0 aliphatic carbocycles. The van der Waals surface area contributed by atoms with E-state index in [9.17, 15) is 4.79 Å². The van der Waals surface area contributed by atoms with Gasteiger partial charge in [-0.3, -0.25) is 4.79 Å². The van der Waals surface area contributed by atoms with E-state index in [4.69, 9.17) is 6.42 Å². The van der Waals surface area contributed by atoms with Crippen LogP contribution in [0, 0.1) is 18.3 Å². The molecule has 1 amide bonds. The van der Waals surface area contributed by atoms with Crippen molar-refractivity contribution in [3.63, 3.8) is 0 Å². The first-order chi connectivity index (χ1) is 6.72. The summed E-state index contributed by atoms with van der Waals surface area (Å²) < 4.78 is 0. The average molecular weight is 195 g/mol. The predicted molar refractivity (Wildman–Crippen MR) is 59.8 cm³/mol. The van der Waals surface area contributed by atoms with Crippen LogP contribution in [0.1, 0.15) is 46.0 Å². The summed E-state index contributed by atoms with van der Waals surface area (Å²) in [5.74, 6) is 2.91. The minimum atomic E-state index is 0.146. The normalized spacial score (nSPS) is 11.8. The van der Waals surface area contributed by atoms with Gasteiger partial charge in [0.15, 0.2) is 0 Å². The van der Waals surface area contributed by atoms with E-state index in [0.29, 0.717) is 0 Å². The fraction of sp³-hybridized carbons (Fsp3) is 0.750. The maximum Gasteiger partial charge on any atom is 0.222 e. The van der Waals surface area contributed by atoms with Gasteiger partial charge in [-0.05, 0) is 19.3 Å². The van der Waals surface area contributed by atoms with Gasteiger partial charge in [0.2, 0.25) is 5.91 Å². The molecule has 0 aromatic carbocycles. The van der Waals surface area contributed by atoms with Crippen LogP contribution in [0.4, 0.5) is 0 Å². The summed E-state index contributed by atoms with van der Waals surface area (Å²) in [5.41, 5.74) is 0. The van der Waals surface area contributed by atoms with Crippen molar-refractivity contribution in [3.8, 4) is 12.3 Å². The Bertz CT molecular complexity index is 193. The zero-order valence-corrected chi connectivity index (χ0v) is 9.31. The smallest absolute Gasteiger partial charge is 0.222 e. The van der Waals surface area contributed by atoms with E-state index in [0.717, 1.165) is 38.6 Å². The third kappa shape index (κ3) is 6.54. The van der Waals surface area contributed by atoms with Crippen molar-refractivity contribution in [2.24, 2.45) is 5.92 Å². The quantitative estimate of drug-likeness (QED) is 0.490. The van der Waals surface area contributed by atoms with E-state index in [1.807, 2.05) is 6.92 Å². The second-order valence-electron chi connectivity index (χ2n) is 3.64. The topological polar surface area (TPSA) is 29.1 Å². The standard InChI is InChI=1S/C12H21NO/c1-4-6-7-8-10-13-12(14)11(3)9-5-2/h1,11H,5-10H2,2-3H3,(H,13,14). The van der Waals surface area contributed by atoms with E-state index in [1.165, 1.54) is 0 Å². The van der Waals surface area contributed by atoms with E-state index < -0.39 is 0 Å². The highest BCUT2D eigenvalue weighted by Crippen LogP contribution is 2.04. The van der Waals surface area contributed by atoms with Gasteiger partial charge < -0.3 is 5.32 Å². The average Bonchev–Trinajstić information content (AvgIpc) is 2.17. The lowest BCUT2D eigenvalue weighted by molar-refractivity contribution is -0.124. The van der Waals surface area contributed by atoms with Gasteiger partial charge >= 0.3 is 0 Å². The molecule has 0 aromatic rings. The van der Waals surface area contributed by atoms with E-state index >= 15 is 0 Å². The highest BCUT2D eigenvalue weighted by atomic mass is 16.1. The highest BCUT2D eigenvalue weighted by molar-refractivity contribution is 5.78. The number of carbonyl (C=O) groups excluding carboxylic acids is 1. The molecule has 0 aromatic heterocycles. The largest absolute Gasteiger partial charge is 0.356 e. The summed E-state index contributed by atoms with van der Waals surface area (Å²) in [7, 11) is 0. The number of unbranched alkanes of at least 4 members (excludes halogenated alkanes) is 2. The Morgan fingerprint density at radius 3 is 2.79 bits per heavy atom. The van der Waals surface area contributed by atoms with Crippen molar-refractivity contribution in [1.82, 2.24) is 5.32 Å². The number of hydrogen-bond acceptors (Lipinski definition) is 1. The molecule has 0 bridgehead atoms. The molecule has 0 saturated heterocycles. The SMILES string of the molecule is C#CCCCCNC(=O)C(C)CCC. The van der Waals surface area contributed by atoms with Crippen LogP contribution in [0.2, 0.25) is 0 Å². The minimum absolute atomic E-state index is 0.146. The number of carbonyl (C=O) groups is 1. The molecule has 0 aliphatic rings. The Morgan fingerprint density at radius 2 is 2.21 bits per heavy atom. The summed E-state index contributed by atoms with van der Waals surface area (Å²) in [6.07, 6.45) is 9.94. The third-order valence-corrected chi connectivity index (χ3v) is 2.22. The van der Waals surface area contributed by atoms with Crippen LogP contribution >= 0.6 is 0 Å². The van der Waals surface area contributed by atoms with Crippen molar-refractivity contribution < 1.29 is 4.79 Å². The van der Waals surface area contributed by atoms with Gasteiger partial charge in [-0.25, -0.2) is 0 Å². The molecule has 80 valence electrons. The summed E-state index contributed by atoms with van der Waals surface area (Å²) in [5, 5.41) is 2.92. The molecule has 0 radical (unpaired) electrons. The summed E-state index contributed by atoms with van der Waals surface area (Å²) >= 11 is 0. The Kier molecular flexibility index (Phi) is 8.02. The lowest BCUT2D eigenvalue weighted by Gasteiger charge is -2.10. The fourth-order valence-electron chi connectivity index (χ4n) is 1.30. The first-order valence-electron chi connectivity index (χ1n) is 5.43. The van der Waals surface area contributed by atoms with Crippen LogP contribution in [0.3, 0.4) is 0 Å². The van der Waals surface area contributed by atoms with Crippen LogP contribution < -0.4 is 5.32 Å². The van der Waals surface area contributed by atoms with Crippen LogP contribution in [0.5, 0.6) is 0 Å². The Hall–Kier alpha value is -0.970. The van der Waals surface area contributed by atoms with Gasteiger partial charge in [0.1, 0.15) is 0 Å². The number of rotatable bonds is 7. The zero-order valence-electron chi connectivity index (χ0n) is 9.31. The van der Waals surface area contributed by atoms with Crippen LogP contribution in [-0.4, -0.2) is 12.5 Å². The lowest BCUT2D eigenvalue weighted by atomic mass is 10.1. The highest BCUT2D eigenvalue weighted by Gasteiger charge is 2.09. The maximum absolute atomic E-state index is 11.4. The zero-order chi connectivity index (χ0) is 10.8. The number of nitrogens with one attached hydrogen (secondary N) is 1. The molecular weight excluding hydrogens is 174 g/mol. The summed E-state index contributed by atoms with van der Waals surface area (Å²) in [6.45, 7) is 4.82. The molecule has 0 saturated carbocycles. The van der Waals surface area contributed by atoms with Crippen molar-refractivity contribution in [3.05, 3.63) is 0 Å². The number of amides is 1. The molecule has 0 rings (SSSR count). The van der Waals surface area contributed by atoms with E-state index in [2.05, 4.69) is 18.2 Å². The summed E-state index contributed by atoms with van der Waals surface area (Å²) in [4.78, 5) is 11.4. The summed E-state index contributed by atoms with van der Waals surface area (Å²) in [6, 6.07) is 0. The monoisotopic (exact) mass is 195 g/mol. The van der Waals surface area contributed by atoms with Crippen LogP contribution in [-0.2, 0) is 4.79 Å². The second kappa shape index (κ2) is 8.62. The second-order valence-corrected chi connectivity index (χ2v) is 3.64. The van der Waals surface area contributed by atoms with Gasteiger partial charge in [-0.15, -0.1) is 12.3 Å². The van der Waals surface area contributed by atoms with Crippen molar-refractivity contribution in [1.29, 1.82) is 0 Å². The van der Waals surface area contributed by atoms with Gasteiger partial charge in [0.25, 0.3) is 0 Å². The van der Waals surface area contributed by atoms with Gasteiger partial charge in [0.05, 0.1) is 0 Å². The minimum Gasteiger partial charge on any atom is -0.356 e. The maximum atomic E-state index is 11.4. The van der Waals surface area contributed by atoms with Crippen molar-refractivity contribution in [2.75, 3.05) is 6.54 Å². The van der Waals surface area contributed by atoms with Crippen LogP contribution in [0.15, 0.2) is 0 Å². The van der Waals surface area contributed by atoms with Gasteiger partial charge in [-0.2, -0.15) is 0 Å². The Morgan fingerprint density at radius 1 is 1.50 bits per heavy atom. The van der Waals surface area contributed by atoms with Gasteiger partial charge in [-0.1, -0.05) is 20.3 Å².